The van der Waals surface area contributed by atoms with Crippen molar-refractivity contribution in [3.05, 3.63) is 53.9 Å². The van der Waals surface area contributed by atoms with Gasteiger partial charge < -0.3 is 5.73 Å². The van der Waals surface area contributed by atoms with E-state index >= 15 is 0 Å². The number of hydrogen-bond acceptors (Lipinski definition) is 2. The van der Waals surface area contributed by atoms with E-state index in [1.165, 1.54) is 11.1 Å². The quantitative estimate of drug-likeness (QED) is 0.852. The lowest BCUT2D eigenvalue weighted by molar-refractivity contribution is 0.613. The molecular weight excluding hydrogens is 210 g/mol. The highest BCUT2D eigenvalue weighted by Crippen LogP contribution is 2.04. The van der Waals surface area contributed by atoms with Gasteiger partial charge in [-0.3, -0.25) is 4.68 Å². The molecule has 1 aromatic carbocycles. The van der Waals surface area contributed by atoms with Crippen LogP contribution in [0, 0.1) is 0 Å². The minimum Gasteiger partial charge on any atom is -0.328 e. The summed E-state index contributed by atoms with van der Waals surface area (Å²) in [5.74, 6) is 0. The van der Waals surface area contributed by atoms with Crippen LogP contribution in [-0.2, 0) is 19.4 Å². The fourth-order valence-electron chi connectivity index (χ4n) is 1.89. The van der Waals surface area contributed by atoms with Crippen molar-refractivity contribution in [2.75, 3.05) is 0 Å². The van der Waals surface area contributed by atoms with Crippen LogP contribution >= 0.6 is 0 Å². The highest BCUT2D eigenvalue weighted by molar-refractivity contribution is 5.14. The van der Waals surface area contributed by atoms with E-state index in [4.69, 9.17) is 5.73 Å². The van der Waals surface area contributed by atoms with Gasteiger partial charge in [-0.05, 0) is 30.9 Å². The molecule has 1 aromatic heterocycles. The summed E-state index contributed by atoms with van der Waals surface area (Å²) in [6.07, 6.45) is 5.91. The molecule has 2 N–H and O–H groups in total. The summed E-state index contributed by atoms with van der Waals surface area (Å²) in [6, 6.07) is 10.7. The zero-order valence-electron chi connectivity index (χ0n) is 10.2. The second-order valence-electron chi connectivity index (χ2n) is 4.53. The van der Waals surface area contributed by atoms with Crippen molar-refractivity contribution in [3.8, 4) is 0 Å². The van der Waals surface area contributed by atoms with Crippen LogP contribution in [0.3, 0.4) is 0 Å². The molecule has 0 radical (unpaired) electrons. The lowest BCUT2D eigenvalue weighted by atomic mass is 10.1. The zero-order valence-corrected chi connectivity index (χ0v) is 10.2. The Morgan fingerprint density at radius 1 is 1.24 bits per heavy atom. The predicted molar refractivity (Wildman–Crippen MR) is 69.7 cm³/mol. The van der Waals surface area contributed by atoms with Crippen molar-refractivity contribution < 1.29 is 0 Å². The third-order valence-electron chi connectivity index (χ3n) is 2.72. The van der Waals surface area contributed by atoms with Gasteiger partial charge in [0.05, 0.1) is 6.20 Å². The fraction of sp³-hybridized carbons (Fsp3) is 0.357. The summed E-state index contributed by atoms with van der Waals surface area (Å²) in [5.41, 5.74) is 8.32. The van der Waals surface area contributed by atoms with Crippen molar-refractivity contribution in [3.63, 3.8) is 0 Å². The SMILES string of the molecule is CC(N)Cc1cnn(CCc2ccccc2)c1. The van der Waals surface area contributed by atoms with E-state index in [1.54, 1.807) is 0 Å². The standard InChI is InChI=1S/C14H19N3/c1-12(15)9-14-10-16-17(11-14)8-7-13-5-3-2-4-6-13/h2-6,10-12H,7-9,15H2,1H3. The van der Waals surface area contributed by atoms with Crippen LogP contribution in [-0.4, -0.2) is 15.8 Å². The van der Waals surface area contributed by atoms with Crippen molar-refractivity contribution in [2.45, 2.75) is 32.4 Å². The molecule has 0 bridgehead atoms. The Bertz CT molecular complexity index is 446. The van der Waals surface area contributed by atoms with Crippen LogP contribution in [0.1, 0.15) is 18.1 Å². The smallest absolute Gasteiger partial charge is 0.0522 e. The maximum Gasteiger partial charge on any atom is 0.0522 e. The average molecular weight is 229 g/mol. The zero-order chi connectivity index (χ0) is 12.1. The molecule has 3 nitrogen and oxygen atoms in total. The molecule has 0 amide bonds. The van der Waals surface area contributed by atoms with E-state index in [9.17, 15) is 0 Å². The molecule has 1 atom stereocenters. The number of benzene rings is 1. The van der Waals surface area contributed by atoms with Gasteiger partial charge in [-0.1, -0.05) is 30.3 Å². The molecule has 0 aliphatic carbocycles. The summed E-state index contributed by atoms with van der Waals surface area (Å²) in [4.78, 5) is 0. The maximum atomic E-state index is 5.76. The number of nitrogens with zero attached hydrogens (tertiary/aromatic N) is 2. The van der Waals surface area contributed by atoms with Crippen molar-refractivity contribution >= 4 is 0 Å². The van der Waals surface area contributed by atoms with Crippen LogP contribution < -0.4 is 5.73 Å². The Morgan fingerprint density at radius 3 is 2.71 bits per heavy atom. The number of hydrogen-bond donors (Lipinski definition) is 1. The summed E-state index contributed by atoms with van der Waals surface area (Å²) in [5, 5.41) is 4.35. The summed E-state index contributed by atoms with van der Waals surface area (Å²) < 4.78 is 1.99. The van der Waals surface area contributed by atoms with Crippen LogP contribution in [0.15, 0.2) is 42.7 Å². The molecule has 2 aromatic rings. The Balaban J connectivity index is 1.89. The van der Waals surface area contributed by atoms with E-state index < -0.39 is 0 Å². The monoisotopic (exact) mass is 229 g/mol. The Morgan fingerprint density at radius 2 is 2.00 bits per heavy atom. The number of rotatable bonds is 5. The Kier molecular flexibility index (Phi) is 3.94. The third-order valence-corrected chi connectivity index (χ3v) is 2.72. The first-order valence-electron chi connectivity index (χ1n) is 6.05. The van der Waals surface area contributed by atoms with Gasteiger partial charge in [-0.15, -0.1) is 0 Å². The van der Waals surface area contributed by atoms with Crippen LogP contribution in [0.25, 0.3) is 0 Å². The molecule has 90 valence electrons. The fourth-order valence-corrected chi connectivity index (χ4v) is 1.89. The van der Waals surface area contributed by atoms with Gasteiger partial charge in [0.15, 0.2) is 0 Å². The highest BCUT2D eigenvalue weighted by Gasteiger charge is 2.01. The van der Waals surface area contributed by atoms with Gasteiger partial charge in [-0.25, -0.2) is 0 Å². The second kappa shape index (κ2) is 5.64. The highest BCUT2D eigenvalue weighted by atomic mass is 15.3. The van der Waals surface area contributed by atoms with E-state index in [2.05, 4.69) is 35.6 Å². The number of nitrogens with two attached hydrogens (primary N) is 1. The molecule has 0 aliphatic rings. The van der Waals surface area contributed by atoms with Gasteiger partial charge in [0.2, 0.25) is 0 Å². The van der Waals surface area contributed by atoms with E-state index in [0.29, 0.717) is 0 Å². The first-order valence-corrected chi connectivity index (χ1v) is 6.05. The first-order chi connectivity index (χ1) is 8.24. The lowest BCUT2D eigenvalue weighted by Crippen LogP contribution is -2.17. The summed E-state index contributed by atoms with van der Waals surface area (Å²) in [7, 11) is 0. The topological polar surface area (TPSA) is 43.8 Å². The predicted octanol–water partition coefficient (Wildman–Crippen LogP) is 2.02. The average Bonchev–Trinajstić information content (AvgIpc) is 2.75. The minimum absolute atomic E-state index is 0.196. The Hall–Kier alpha value is -1.61. The molecule has 3 heteroatoms. The van der Waals surface area contributed by atoms with Crippen LogP contribution in [0.5, 0.6) is 0 Å². The normalized spacial score (nSPS) is 12.6. The van der Waals surface area contributed by atoms with Gasteiger partial charge >= 0.3 is 0 Å². The van der Waals surface area contributed by atoms with E-state index in [-0.39, 0.29) is 6.04 Å². The molecule has 0 saturated heterocycles. The molecular formula is C14H19N3. The van der Waals surface area contributed by atoms with E-state index in [1.807, 2.05) is 23.9 Å². The summed E-state index contributed by atoms with van der Waals surface area (Å²) in [6.45, 7) is 2.93. The van der Waals surface area contributed by atoms with Crippen LogP contribution in [0.4, 0.5) is 0 Å². The second-order valence-corrected chi connectivity index (χ2v) is 4.53. The van der Waals surface area contributed by atoms with Gasteiger partial charge in [0.1, 0.15) is 0 Å². The largest absolute Gasteiger partial charge is 0.328 e. The molecule has 0 spiro atoms. The van der Waals surface area contributed by atoms with Gasteiger partial charge in [-0.2, -0.15) is 5.10 Å². The molecule has 1 heterocycles. The van der Waals surface area contributed by atoms with Gasteiger partial charge in [0, 0.05) is 18.8 Å². The third kappa shape index (κ3) is 3.71. The molecule has 0 aliphatic heterocycles. The number of aryl methyl sites for hydroxylation is 2. The molecule has 2 rings (SSSR count). The first kappa shape index (κ1) is 11.9. The maximum absolute atomic E-state index is 5.76. The van der Waals surface area contributed by atoms with Crippen molar-refractivity contribution in [1.29, 1.82) is 0 Å². The molecule has 17 heavy (non-hydrogen) atoms. The summed E-state index contributed by atoms with van der Waals surface area (Å²) >= 11 is 0. The van der Waals surface area contributed by atoms with Crippen molar-refractivity contribution in [1.82, 2.24) is 9.78 Å². The molecule has 0 saturated carbocycles. The molecule has 0 fully saturated rings. The van der Waals surface area contributed by atoms with Gasteiger partial charge in [0.25, 0.3) is 0 Å². The van der Waals surface area contributed by atoms with Crippen LogP contribution in [0.2, 0.25) is 0 Å². The number of aromatic nitrogens is 2. The van der Waals surface area contributed by atoms with Crippen molar-refractivity contribution in [2.24, 2.45) is 5.73 Å². The van der Waals surface area contributed by atoms with E-state index in [0.717, 1.165) is 19.4 Å². The Labute approximate surface area is 102 Å². The minimum atomic E-state index is 0.196. The lowest BCUT2D eigenvalue weighted by Gasteiger charge is -2.02. The molecule has 1 unspecified atom stereocenters.